The number of hydrogen-bond acceptors (Lipinski definition) is 2. The van der Waals surface area contributed by atoms with Crippen LogP contribution in [0.25, 0.3) is 0 Å². The molecule has 0 unspecified atom stereocenters. The standard InChI is InChI=1S/C12H17Cl2NO/c1-9-7-12(16-2)10(8-11(9)14)3-5-15-6-4-13/h7-8,15H,3-6H2,1-2H3. The van der Waals surface area contributed by atoms with Crippen molar-refractivity contribution in [2.45, 2.75) is 13.3 Å². The number of aryl methyl sites for hydroxylation is 1. The highest BCUT2D eigenvalue weighted by Crippen LogP contribution is 2.26. The third-order valence-electron chi connectivity index (χ3n) is 2.40. The van der Waals surface area contributed by atoms with Crippen molar-refractivity contribution < 1.29 is 4.74 Å². The molecular weight excluding hydrogens is 245 g/mol. The van der Waals surface area contributed by atoms with Crippen LogP contribution in [0.15, 0.2) is 12.1 Å². The van der Waals surface area contributed by atoms with E-state index in [1.54, 1.807) is 7.11 Å². The summed E-state index contributed by atoms with van der Waals surface area (Å²) < 4.78 is 5.33. The lowest BCUT2D eigenvalue weighted by Crippen LogP contribution is -2.19. The molecule has 0 heterocycles. The second-order valence-electron chi connectivity index (χ2n) is 3.60. The molecule has 4 heteroatoms. The fourth-order valence-electron chi connectivity index (χ4n) is 1.50. The van der Waals surface area contributed by atoms with Crippen LogP contribution in [-0.2, 0) is 6.42 Å². The van der Waals surface area contributed by atoms with Crippen molar-refractivity contribution >= 4 is 23.2 Å². The van der Waals surface area contributed by atoms with E-state index < -0.39 is 0 Å². The number of halogens is 2. The van der Waals surface area contributed by atoms with Crippen LogP contribution >= 0.6 is 23.2 Å². The van der Waals surface area contributed by atoms with E-state index in [4.69, 9.17) is 27.9 Å². The number of benzene rings is 1. The van der Waals surface area contributed by atoms with Crippen molar-refractivity contribution in [2.24, 2.45) is 0 Å². The van der Waals surface area contributed by atoms with E-state index in [2.05, 4.69) is 5.32 Å². The number of nitrogens with one attached hydrogen (secondary N) is 1. The number of hydrogen-bond donors (Lipinski definition) is 1. The van der Waals surface area contributed by atoms with Crippen molar-refractivity contribution in [1.29, 1.82) is 0 Å². The zero-order chi connectivity index (χ0) is 12.0. The molecule has 0 aliphatic rings. The highest BCUT2D eigenvalue weighted by atomic mass is 35.5. The van der Waals surface area contributed by atoms with Crippen LogP contribution in [0.1, 0.15) is 11.1 Å². The minimum atomic E-state index is 0.631. The van der Waals surface area contributed by atoms with E-state index in [1.165, 1.54) is 0 Å². The van der Waals surface area contributed by atoms with E-state index in [9.17, 15) is 0 Å². The molecule has 0 aromatic heterocycles. The maximum Gasteiger partial charge on any atom is 0.122 e. The number of rotatable bonds is 6. The molecule has 1 N–H and O–H groups in total. The summed E-state index contributed by atoms with van der Waals surface area (Å²) in [5, 5.41) is 4.02. The van der Waals surface area contributed by atoms with Crippen LogP contribution in [0, 0.1) is 6.92 Å². The molecule has 0 aliphatic heterocycles. The molecule has 0 atom stereocenters. The first kappa shape index (κ1) is 13.6. The average molecular weight is 262 g/mol. The topological polar surface area (TPSA) is 21.3 Å². The molecule has 0 radical (unpaired) electrons. The summed E-state index contributed by atoms with van der Waals surface area (Å²) in [6.45, 7) is 3.67. The second kappa shape index (κ2) is 7.00. The van der Waals surface area contributed by atoms with Crippen LogP contribution in [0.2, 0.25) is 5.02 Å². The van der Waals surface area contributed by atoms with E-state index in [0.29, 0.717) is 5.88 Å². The molecule has 0 saturated heterocycles. The Balaban J connectivity index is 2.66. The van der Waals surface area contributed by atoms with Gasteiger partial charge in [-0.1, -0.05) is 11.6 Å². The number of methoxy groups -OCH3 is 1. The fraction of sp³-hybridized carbons (Fsp3) is 0.500. The van der Waals surface area contributed by atoms with Crippen molar-refractivity contribution in [1.82, 2.24) is 5.32 Å². The van der Waals surface area contributed by atoms with Gasteiger partial charge < -0.3 is 10.1 Å². The van der Waals surface area contributed by atoms with Gasteiger partial charge in [0, 0.05) is 17.4 Å². The highest BCUT2D eigenvalue weighted by Gasteiger charge is 2.06. The van der Waals surface area contributed by atoms with Crippen molar-refractivity contribution in [3.8, 4) is 5.75 Å². The van der Waals surface area contributed by atoms with Gasteiger partial charge in [0.2, 0.25) is 0 Å². The fourth-order valence-corrected chi connectivity index (χ4v) is 1.82. The van der Waals surface area contributed by atoms with E-state index in [-0.39, 0.29) is 0 Å². The molecule has 1 aromatic rings. The Morgan fingerprint density at radius 3 is 2.69 bits per heavy atom. The van der Waals surface area contributed by atoms with E-state index >= 15 is 0 Å². The Hall–Kier alpha value is -0.440. The van der Waals surface area contributed by atoms with Crippen molar-refractivity contribution in [3.63, 3.8) is 0 Å². The smallest absolute Gasteiger partial charge is 0.122 e. The van der Waals surface area contributed by atoms with Crippen LogP contribution in [-0.4, -0.2) is 26.1 Å². The highest BCUT2D eigenvalue weighted by molar-refractivity contribution is 6.31. The van der Waals surface area contributed by atoms with Crippen molar-refractivity contribution in [2.75, 3.05) is 26.1 Å². The molecule has 2 nitrogen and oxygen atoms in total. The summed E-state index contributed by atoms with van der Waals surface area (Å²) in [6, 6.07) is 3.94. The van der Waals surface area contributed by atoms with Crippen LogP contribution in [0.5, 0.6) is 5.75 Å². The summed E-state index contributed by atoms with van der Waals surface area (Å²) in [4.78, 5) is 0. The normalized spacial score (nSPS) is 10.5. The zero-order valence-electron chi connectivity index (χ0n) is 9.65. The van der Waals surface area contributed by atoms with Gasteiger partial charge in [0.05, 0.1) is 7.11 Å². The van der Waals surface area contributed by atoms with Gasteiger partial charge in [0.15, 0.2) is 0 Å². The van der Waals surface area contributed by atoms with Gasteiger partial charge in [-0.15, -0.1) is 11.6 Å². The molecule has 0 bridgehead atoms. The number of ether oxygens (including phenoxy) is 1. The predicted octanol–water partition coefficient (Wildman–Crippen LogP) is 3.03. The monoisotopic (exact) mass is 261 g/mol. The quantitative estimate of drug-likeness (QED) is 0.628. The van der Waals surface area contributed by atoms with Gasteiger partial charge in [-0.05, 0) is 43.1 Å². The molecule has 0 spiro atoms. The van der Waals surface area contributed by atoms with E-state index in [1.807, 2.05) is 19.1 Å². The molecular formula is C12H17Cl2NO. The zero-order valence-corrected chi connectivity index (χ0v) is 11.2. The van der Waals surface area contributed by atoms with Crippen LogP contribution in [0.4, 0.5) is 0 Å². The third kappa shape index (κ3) is 3.85. The Kier molecular flexibility index (Phi) is 5.96. The van der Waals surface area contributed by atoms with Crippen LogP contribution in [0.3, 0.4) is 0 Å². The predicted molar refractivity (Wildman–Crippen MR) is 70.0 cm³/mol. The summed E-state index contributed by atoms with van der Waals surface area (Å²) in [6.07, 6.45) is 0.889. The maximum absolute atomic E-state index is 6.09. The molecule has 0 amide bonds. The first-order chi connectivity index (χ1) is 7.69. The third-order valence-corrected chi connectivity index (χ3v) is 3.00. The minimum absolute atomic E-state index is 0.631. The Bertz CT molecular complexity index is 342. The van der Waals surface area contributed by atoms with Crippen molar-refractivity contribution in [3.05, 3.63) is 28.3 Å². The first-order valence-corrected chi connectivity index (χ1v) is 6.20. The van der Waals surface area contributed by atoms with Gasteiger partial charge in [0.1, 0.15) is 5.75 Å². The summed E-state index contributed by atoms with van der Waals surface area (Å²) >= 11 is 11.7. The SMILES string of the molecule is COc1cc(C)c(Cl)cc1CCNCCCl. The second-order valence-corrected chi connectivity index (χ2v) is 4.39. The van der Waals surface area contributed by atoms with Gasteiger partial charge in [-0.3, -0.25) is 0 Å². The van der Waals surface area contributed by atoms with Crippen LogP contribution < -0.4 is 10.1 Å². The summed E-state index contributed by atoms with van der Waals surface area (Å²) in [5.74, 6) is 1.53. The molecule has 0 fully saturated rings. The molecule has 16 heavy (non-hydrogen) atoms. The summed E-state index contributed by atoms with van der Waals surface area (Å²) in [7, 11) is 1.68. The van der Waals surface area contributed by atoms with Gasteiger partial charge >= 0.3 is 0 Å². The Morgan fingerprint density at radius 2 is 2.06 bits per heavy atom. The van der Waals surface area contributed by atoms with Gasteiger partial charge in [0.25, 0.3) is 0 Å². The number of alkyl halides is 1. The Labute approximate surface area is 107 Å². The summed E-state index contributed by atoms with van der Waals surface area (Å²) in [5.41, 5.74) is 2.16. The largest absolute Gasteiger partial charge is 0.496 e. The first-order valence-electron chi connectivity index (χ1n) is 5.28. The van der Waals surface area contributed by atoms with Gasteiger partial charge in [-0.2, -0.15) is 0 Å². The molecule has 90 valence electrons. The Morgan fingerprint density at radius 1 is 1.31 bits per heavy atom. The maximum atomic E-state index is 6.09. The lowest BCUT2D eigenvalue weighted by Gasteiger charge is -2.11. The molecule has 1 aromatic carbocycles. The lowest BCUT2D eigenvalue weighted by atomic mass is 10.1. The average Bonchev–Trinajstić information content (AvgIpc) is 2.28. The molecule has 1 rings (SSSR count). The molecule has 0 saturated carbocycles. The van der Waals surface area contributed by atoms with Gasteiger partial charge in [-0.25, -0.2) is 0 Å². The molecule has 0 aliphatic carbocycles. The van der Waals surface area contributed by atoms with E-state index in [0.717, 1.165) is 41.4 Å². The lowest BCUT2D eigenvalue weighted by molar-refractivity contribution is 0.409. The minimum Gasteiger partial charge on any atom is -0.496 e.